The molecule has 1 aliphatic carbocycles. The summed E-state index contributed by atoms with van der Waals surface area (Å²) in [5, 5.41) is 1.27. The molecule has 0 bridgehead atoms. The predicted octanol–water partition coefficient (Wildman–Crippen LogP) is 1.67. The van der Waals surface area contributed by atoms with Gasteiger partial charge in [-0.25, -0.2) is 4.98 Å². The lowest BCUT2D eigenvalue weighted by Gasteiger charge is -2.02. The fourth-order valence-electron chi connectivity index (χ4n) is 2.55. The Morgan fingerprint density at radius 2 is 2.41 bits per heavy atom. The number of amidine groups is 1. The Morgan fingerprint density at radius 1 is 1.55 bits per heavy atom. The highest BCUT2D eigenvalue weighted by Gasteiger charge is 2.21. The van der Waals surface area contributed by atoms with E-state index in [0.717, 1.165) is 29.5 Å². The molecular formula is C14H18N4O2S2. The van der Waals surface area contributed by atoms with Crippen molar-refractivity contribution in [2.24, 2.45) is 10.7 Å². The van der Waals surface area contributed by atoms with E-state index in [-0.39, 0.29) is 5.56 Å². The van der Waals surface area contributed by atoms with Crippen molar-refractivity contribution in [3.05, 3.63) is 26.6 Å². The second-order valence-electron chi connectivity index (χ2n) is 5.05. The Morgan fingerprint density at radius 3 is 3.23 bits per heavy atom. The van der Waals surface area contributed by atoms with Crippen LogP contribution in [-0.4, -0.2) is 35.4 Å². The number of nitrogens with two attached hydrogens (primary N) is 1. The van der Waals surface area contributed by atoms with Crippen LogP contribution in [0, 0.1) is 0 Å². The highest BCUT2D eigenvalue weighted by Crippen LogP contribution is 2.34. The smallest absolute Gasteiger partial charge is 0.259 e. The number of hydrogen-bond donors (Lipinski definition) is 2. The topological polar surface area (TPSA) is 93.4 Å². The van der Waals surface area contributed by atoms with E-state index in [1.807, 2.05) is 0 Å². The van der Waals surface area contributed by atoms with E-state index in [0.29, 0.717) is 29.9 Å². The van der Waals surface area contributed by atoms with E-state index >= 15 is 0 Å². The van der Waals surface area contributed by atoms with E-state index in [1.165, 1.54) is 22.2 Å². The van der Waals surface area contributed by atoms with Gasteiger partial charge in [0, 0.05) is 12.0 Å². The summed E-state index contributed by atoms with van der Waals surface area (Å²) in [7, 11) is 1.63. The zero-order valence-corrected chi connectivity index (χ0v) is 14.0. The lowest BCUT2D eigenvalue weighted by molar-refractivity contribution is 0.208. The maximum atomic E-state index is 12.3. The molecule has 8 heteroatoms. The summed E-state index contributed by atoms with van der Waals surface area (Å²) in [5.74, 6) is 1.16. The number of H-pyrrole nitrogens is 1. The average Bonchev–Trinajstić information content (AvgIpc) is 3.05. The monoisotopic (exact) mass is 338 g/mol. The quantitative estimate of drug-likeness (QED) is 0.491. The normalized spacial score (nSPS) is 14.7. The minimum atomic E-state index is -0.0325. The summed E-state index contributed by atoms with van der Waals surface area (Å²) in [6, 6.07) is 0. The number of nitrogens with one attached hydrogen (secondary N) is 1. The minimum Gasteiger partial charge on any atom is -0.383 e. The van der Waals surface area contributed by atoms with Gasteiger partial charge in [-0.2, -0.15) is 0 Å². The second-order valence-corrected chi connectivity index (χ2v) is 7.13. The Kier molecular flexibility index (Phi) is 4.80. The summed E-state index contributed by atoms with van der Waals surface area (Å²) >= 11 is 3.02. The van der Waals surface area contributed by atoms with Crippen molar-refractivity contribution < 1.29 is 4.74 Å². The van der Waals surface area contributed by atoms with Crippen molar-refractivity contribution in [1.82, 2.24) is 9.97 Å². The predicted molar refractivity (Wildman–Crippen MR) is 91.9 cm³/mol. The fourth-order valence-corrected chi connectivity index (χ4v) is 4.44. The van der Waals surface area contributed by atoms with E-state index < -0.39 is 0 Å². The van der Waals surface area contributed by atoms with Crippen LogP contribution in [-0.2, 0) is 23.3 Å². The van der Waals surface area contributed by atoms with Crippen LogP contribution in [0.4, 0.5) is 0 Å². The molecule has 0 unspecified atom stereocenters. The molecule has 6 nitrogen and oxygen atoms in total. The van der Waals surface area contributed by atoms with Gasteiger partial charge in [0.25, 0.3) is 5.56 Å². The molecule has 0 aromatic carbocycles. The maximum absolute atomic E-state index is 12.3. The Hall–Kier alpha value is -1.38. The fraction of sp³-hybridized carbons (Fsp3) is 0.500. The molecule has 118 valence electrons. The van der Waals surface area contributed by atoms with Crippen molar-refractivity contribution >= 4 is 38.5 Å². The van der Waals surface area contributed by atoms with Gasteiger partial charge in [-0.1, -0.05) is 11.8 Å². The number of rotatable bonds is 5. The van der Waals surface area contributed by atoms with Crippen LogP contribution >= 0.6 is 23.1 Å². The zero-order valence-electron chi connectivity index (χ0n) is 12.3. The number of thioether (sulfide) groups is 1. The molecule has 3 rings (SSSR count). The van der Waals surface area contributed by atoms with Gasteiger partial charge in [0.1, 0.15) is 10.7 Å². The maximum Gasteiger partial charge on any atom is 0.259 e. The SMILES string of the molecule is COCCN=C(N)SCc1nc2sc3c(c2c(=O)[nH]1)CCC3. The third kappa shape index (κ3) is 3.18. The first-order chi connectivity index (χ1) is 10.7. The standard InChI is InChI=1S/C14H18N4O2S2/c1-20-6-5-16-14(15)21-7-10-17-12(19)11-8-3-2-4-9(8)22-13(11)18-10/h2-7H2,1H3,(H2,15,16)(H,17,18,19). The average molecular weight is 338 g/mol. The van der Waals surface area contributed by atoms with Gasteiger partial charge in [-0.3, -0.25) is 9.79 Å². The Balaban J connectivity index is 1.75. The number of aromatic amines is 1. The van der Waals surface area contributed by atoms with Crippen LogP contribution in [0.5, 0.6) is 0 Å². The molecule has 3 N–H and O–H groups in total. The highest BCUT2D eigenvalue weighted by molar-refractivity contribution is 8.13. The van der Waals surface area contributed by atoms with Crippen molar-refractivity contribution in [3.63, 3.8) is 0 Å². The van der Waals surface area contributed by atoms with Crippen LogP contribution in [0.1, 0.15) is 22.7 Å². The minimum absolute atomic E-state index is 0.0325. The molecule has 0 fully saturated rings. The van der Waals surface area contributed by atoms with E-state index in [1.54, 1.807) is 18.4 Å². The third-order valence-corrected chi connectivity index (χ3v) is 5.57. The number of thiophene rings is 1. The summed E-state index contributed by atoms with van der Waals surface area (Å²) in [6.07, 6.45) is 3.20. The first-order valence-electron chi connectivity index (χ1n) is 7.14. The van der Waals surface area contributed by atoms with Gasteiger partial charge >= 0.3 is 0 Å². The number of aryl methyl sites for hydroxylation is 2. The molecule has 0 amide bonds. The first kappa shape index (κ1) is 15.5. The van der Waals surface area contributed by atoms with Crippen molar-refractivity contribution in [2.45, 2.75) is 25.0 Å². The van der Waals surface area contributed by atoms with Gasteiger partial charge in [0.05, 0.1) is 24.3 Å². The molecular weight excluding hydrogens is 320 g/mol. The first-order valence-corrected chi connectivity index (χ1v) is 8.94. The molecule has 0 aliphatic heterocycles. The van der Waals surface area contributed by atoms with E-state index in [2.05, 4.69) is 15.0 Å². The highest BCUT2D eigenvalue weighted by atomic mass is 32.2. The Bertz CT molecular complexity index is 766. The summed E-state index contributed by atoms with van der Waals surface area (Å²) in [5.41, 5.74) is 6.98. The molecule has 0 radical (unpaired) electrons. The van der Waals surface area contributed by atoms with Gasteiger partial charge in [-0.05, 0) is 24.8 Å². The van der Waals surface area contributed by atoms with Crippen LogP contribution < -0.4 is 11.3 Å². The number of hydrogen-bond acceptors (Lipinski definition) is 6. The molecule has 2 aromatic heterocycles. The van der Waals surface area contributed by atoms with Gasteiger partial charge < -0.3 is 15.5 Å². The van der Waals surface area contributed by atoms with Crippen molar-refractivity contribution in [3.8, 4) is 0 Å². The molecule has 0 saturated carbocycles. The lowest BCUT2D eigenvalue weighted by atomic mass is 10.2. The Labute approximate surface area is 136 Å². The van der Waals surface area contributed by atoms with E-state index in [4.69, 9.17) is 10.5 Å². The molecule has 2 aromatic rings. The van der Waals surface area contributed by atoms with Crippen LogP contribution in [0.2, 0.25) is 0 Å². The number of aromatic nitrogens is 2. The van der Waals surface area contributed by atoms with Crippen LogP contribution in [0.25, 0.3) is 10.2 Å². The summed E-state index contributed by atoms with van der Waals surface area (Å²) < 4.78 is 4.92. The van der Waals surface area contributed by atoms with Crippen molar-refractivity contribution in [2.75, 3.05) is 20.3 Å². The van der Waals surface area contributed by atoms with Crippen LogP contribution in [0.15, 0.2) is 9.79 Å². The van der Waals surface area contributed by atoms with E-state index in [9.17, 15) is 4.79 Å². The number of nitrogens with zero attached hydrogens (tertiary/aromatic N) is 2. The van der Waals surface area contributed by atoms with Crippen LogP contribution in [0.3, 0.4) is 0 Å². The molecule has 22 heavy (non-hydrogen) atoms. The molecule has 0 atom stereocenters. The molecule has 0 saturated heterocycles. The number of fused-ring (bicyclic) bond motifs is 3. The molecule has 0 spiro atoms. The lowest BCUT2D eigenvalue weighted by Crippen LogP contribution is -2.13. The largest absolute Gasteiger partial charge is 0.383 e. The number of aliphatic imine (C=N–C) groups is 1. The van der Waals surface area contributed by atoms with Gasteiger partial charge in [0.15, 0.2) is 5.17 Å². The van der Waals surface area contributed by atoms with Gasteiger partial charge in [-0.15, -0.1) is 11.3 Å². The summed E-state index contributed by atoms with van der Waals surface area (Å²) in [4.78, 5) is 26.1. The number of ether oxygens (including phenoxy) is 1. The molecule has 1 aliphatic rings. The third-order valence-electron chi connectivity index (χ3n) is 3.54. The summed E-state index contributed by atoms with van der Waals surface area (Å²) in [6.45, 7) is 1.08. The zero-order chi connectivity index (χ0) is 15.5. The second kappa shape index (κ2) is 6.80. The van der Waals surface area contributed by atoms with Gasteiger partial charge in [0.2, 0.25) is 0 Å². The van der Waals surface area contributed by atoms with Crippen molar-refractivity contribution in [1.29, 1.82) is 0 Å². The number of methoxy groups -OCH3 is 1. The molecule has 2 heterocycles.